The third-order valence-corrected chi connectivity index (χ3v) is 7.80. The van der Waals surface area contributed by atoms with Crippen molar-refractivity contribution in [1.29, 1.82) is 0 Å². The normalized spacial score (nSPS) is 23.0. The number of thioether (sulfide) groups is 1. The van der Waals surface area contributed by atoms with Gasteiger partial charge in [0.05, 0.1) is 17.6 Å². The highest BCUT2D eigenvalue weighted by Crippen LogP contribution is 2.30. The van der Waals surface area contributed by atoms with Crippen LogP contribution in [0.25, 0.3) is 5.69 Å². The van der Waals surface area contributed by atoms with E-state index in [9.17, 15) is 14.4 Å². The van der Waals surface area contributed by atoms with Gasteiger partial charge in [0.1, 0.15) is 6.04 Å². The fourth-order valence-electron chi connectivity index (χ4n) is 4.82. The lowest BCUT2D eigenvalue weighted by molar-refractivity contribution is -0.136. The second kappa shape index (κ2) is 8.57. The Bertz CT molecular complexity index is 1110. The molecular weight excluding hydrogens is 440 g/mol. The van der Waals surface area contributed by atoms with Gasteiger partial charge in [-0.3, -0.25) is 19.7 Å². The van der Waals surface area contributed by atoms with Gasteiger partial charge >= 0.3 is 0 Å². The number of piperidine rings is 1. The Kier molecular flexibility index (Phi) is 5.74. The number of imide groups is 1. The zero-order valence-corrected chi connectivity index (χ0v) is 19.7. The van der Waals surface area contributed by atoms with E-state index in [-0.39, 0.29) is 18.2 Å². The molecular formula is C23H28N6O3S. The monoisotopic (exact) mass is 468 g/mol. The first-order valence-corrected chi connectivity index (χ1v) is 12.3. The fourth-order valence-corrected chi connectivity index (χ4v) is 6.00. The lowest BCUT2D eigenvalue weighted by Gasteiger charge is -2.37. The van der Waals surface area contributed by atoms with Gasteiger partial charge in [-0.1, -0.05) is 5.21 Å². The Hall–Kier alpha value is -2.72. The van der Waals surface area contributed by atoms with Crippen LogP contribution < -0.4 is 5.32 Å². The summed E-state index contributed by atoms with van der Waals surface area (Å²) in [6.45, 7) is 8.07. The van der Waals surface area contributed by atoms with Crippen molar-refractivity contribution in [2.24, 2.45) is 0 Å². The summed E-state index contributed by atoms with van der Waals surface area (Å²) in [5.41, 5.74) is 3.22. The van der Waals surface area contributed by atoms with Crippen molar-refractivity contribution in [2.45, 2.75) is 50.4 Å². The highest BCUT2D eigenvalue weighted by atomic mass is 32.2. The van der Waals surface area contributed by atoms with Crippen molar-refractivity contribution < 1.29 is 14.4 Å². The maximum Gasteiger partial charge on any atom is 0.255 e. The van der Waals surface area contributed by atoms with Crippen LogP contribution in [-0.2, 0) is 22.6 Å². The number of hydrogen-bond acceptors (Lipinski definition) is 7. The van der Waals surface area contributed by atoms with E-state index in [0.29, 0.717) is 23.3 Å². The maximum atomic E-state index is 12.9. The lowest BCUT2D eigenvalue weighted by Crippen LogP contribution is -2.52. The van der Waals surface area contributed by atoms with Crippen LogP contribution in [0.5, 0.6) is 0 Å². The van der Waals surface area contributed by atoms with Gasteiger partial charge in [-0.05, 0) is 44.0 Å². The molecule has 1 unspecified atom stereocenters. The highest BCUT2D eigenvalue weighted by molar-refractivity contribution is 8.00. The SMILES string of the molecule is CC1(C)CN(CCc2cn(-c3ccc4c(c3)CN(C3CCC(=O)NC3=O)C4=O)nn2)CCS1. The first kappa shape index (κ1) is 22.1. The molecule has 2 fully saturated rings. The molecule has 3 aliphatic rings. The van der Waals surface area contributed by atoms with Crippen LogP contribution in [-0.4, -0.2) is 78.7 Å². The van der Waals surface area contributed by atoms with Gasteiger partial charge in [0, 0.05) is 55.1 Å². The van der Waals surface area contributed by atoms with E-state index in [1.54, 1.807) is 15.6 Å². The van der Waals surface area contributed by atoms with E-state index in [1.165, 1.54) is 0 Å². The molecule has 0 saturated carbocycles. The van der Waals surface area contributed by atoms with E-state index in [0.717, 1.165) is 48.8 Å². The molecule has 0 radical (unpaired) electrons. The fraction of sp³-hybridized carbons (Fsp3) is 0.522. The molecule has 10 heteroatoms. The molecule has 9 nitrogen and oxygen atoms in total. The molecule has 1 aromatic heterocycles. The van der Waals surface area contributed by atoms with E-state index in [1.807, 2.05) is 30.1 Å². The second-order valence-electron chi connectivity index (χ2n) is 9.53. The molecule has 174 valence electrons. The van der Waals surface area contributed by atoms with Crippen molar-refractivity contribution in [3.63, 3.8) is 0 Å². The first-order valence-electron chi connectivity index (χ1n) is 11.3. The molecule has 1 N–H and O–H groups in total. The number of amides is 3. The summed E-state index contributed by atoms with van der Waals surface area (Å²) in [5, 5.41) is 11.0. The number of nitrogens with zero attached hydrogens (tertiary/aromatic N) is 5. The van der Waals surface area contributed by atoms with E-state index in [2.05, 4.69) is 34.4 Å². The molecule has 33 heavy (non-hydrogen) atoms. The molecule has 0 aliphatic carbocycles. The van der Waals surface area contributed by atoms with Crippen molar-refractivity contribution >= 4 is 29.5 Å². The Morgan fingerprint density at radius 3 is 2.88 bits per heavy atom. The van der Waals surface area contributed by atoms with Crippen molar-refractivity contribution in [1.82, 2.24) is 30.1 Å². The quantitative estimate of drug-likeness (QED) is 0.662. The summed E-state index contributed by atoms with van der Waals surface area (Å²) < 4.78 is 2.03. The summed E-state index contributed by atoms with van der Waals surface area (Å²) in [7, 11) is 0. The second-order valence-corrected chi connectivity index (χ2v) is 11.3. The van der Waals surface area contributed by atoms with Crippen molar-refractivity contribution in [2.75, 3.05) is 25.4 Å². The van der Waals surface area contributed by atoms with Crippen LogP contribution in [0.1, 0.15) is 48.3 Å². The molecule has 0 spiro atoms. The van der Waals surface area contributed by atoms with Gasteiger partial charge < -0.3 is 9.80 Å². The van der Waals surface area contributed by atoms with Crippen LogP contribution in [0.3, 0.4) is 0 Å². The van der Waals surface area contributed by atoms with Crippen molar-refractivity contribution in [3.05, 3.63) is 41.2 Å². The van der Waals surface area contributed by atoms with Gasteiger partial charge in [-0.15, -0.1) is 5.10 Å². The van der Waals surface area contributed by atoms with Crippen LogP contribution in [0.4, 0.5) is 0 Å². The van der Waals surface area contributed by atoms with Crippen LogP contribution in [0.2, 0.25) is 0 Å². The molecule has 2 saturated heterocycles. The Morgan fingerprint density at radius 2 is 2.09 bits per heavy atom. The topological polar surface area (TPSA) is 100 Å². The number of rotatable bonds is 5. The zero-order chi connectivity index (χ0) is 23.2. The highest BCUT2D eigenvalue weighted by Gasteiger charge is 2.39. The number of hydrogen-bond donors (Lipinski definition) is 1. The molecule has 3 amide bonds. The summed E-state index contributed by atoms with van der Waals surface area (Å²) in [5.74, 6) is 0.299. The minimum absolute atomic E-state index is 0.173. The van der Waals surface area contributed by atoms with Gasteiger partial charge in [0.25, 0.3) is 5.91 Å². The van der Waals surface area contributed by atoms with E-state index >= 15 is 0 Å². The van der Waals surface area contributed by atoms with Gasteiger partial charge in [-0.25, -0.2) is 4.68 Å². The number of benzene rings is 1. The molecule has 4 heterocycles. The number of carbonyl (C=O) groups is 3. The maximum absolute atomic E-state index is 12.9. The summed E-state index contributed by atoms with van der Waals surface area (Å²) in [6, 6.07) is 4.96. The Morgan fingerprint density at radius 1 is 1.24 bits per heavy atom. The third kappa shape index (κ3) is 4.54. The molecule has 2 aromatic rings. The van der Waals surface area contributed by atoms with E-state index in [4.69, 9.17) is 0 Å². The standard InChI is InChI=1S/C23H28N6O3S/c1-23(2)14-27(9-10-33-23)8-7-16-13-29(26-25-16)17-3-4-18-15(11-17)12-28(22(18)32)19-5-6-20(30)24-21(19)31/h3-4,11,13,19H,5-10,12,14H2,1-2H3,(H,24,30,31). The Balaban J connectivity index is 1.25. The van der Waals surface area contributed by atoms with Crippen LogP contribution in [0.15, 0.2) is 24.4 Å². The molecule has 0 bridgehead atoms. The third-order valence-electron chi connectivity index (χ3n) is 6.50. The largest absolute Gasteiger partial charge is 0.322 e. The first-order chi connectivity index (χ1) is 15.8. The smallest absolute Gasteiger partial charge is 0.255 e. The minimum atomic E-state index is -0.609. The number of fused-ring (bicyclic) bond motifs is 1. The average molecular weight is 469 g/mol. The summed E-state index contributed by atoms with van der Waals surface area (Å²) >= 11 is 2.03. The van der Waals surface area contributed by atoms with Crippen LogP contribution >= 0.6 is 11.8 Å². The van der Waals surface area contributed by atoms with E-state index < -0.39 is 11.9 Å². The van der Waals surface area contributed by atoms with Gasteiger partial charge in [0.15, 0.2) is 0 Å². The number of carbonyl (C=O) groups excluding carboxylic acids is 3. The Labute approximate surface area is 196 Å². The minimum Gasteiger partial charge on any atom is -0.322 e. The van der Waals surface area contributed by atoms with Gasteiger partial charge in [-0.2, -0.15) is 11.8 Å². The summed E-state index contributed by atoms with van der Waals surface area (Å²) in [6.07, 6.45) is 3.39. The number of aromatic nitrogens is 3. The zero-order valence-electron chi connectivity index (χ0n) is 18.9. The summed E-state index contributed by atoms with van der Waals surface area (Å²) in [4.78, 5) is 40.6. The number of nitrogens with one attached hydrogen (secondary N) is 1. The predicted octanol–water partition coefficient (Wildman–Crippen LogP) is 1.40. The average Bonchev–Trinajstić information content (AvgIpc) is 3.36. The molecule has 3 aliphatic heterocycles. The molecule has 5 rings (SSSR count). The van der Waals surface area contributed by atoms with Gasteiger partial charge in [0.2, 0.25) is 11.8 Å². The lowest BCUT2D eigenvalue weighted by atomic mass is 10.0. The molecule has 1 atom stereocenters. The van der Waals surface area contributed by atoms with Crippen LogP contribution in [0, 0.1) is 0 Å². The molecule has 1 aromatic carbocycles. The predicted molar refractivity (Wildman–Crippen MR) is 124 cm³/mol. The van der Waals surface area contributed by atoms with Crippen molar-refractivity contribution in [3.8, 4) is 5.69 Å².